The van der Waals surface area contributed by atoms with Crippen molar-refractivity contribution < 1.29 is 4.74 Å². The smallest absolute Gasteiger partial charge is 0.258 e. The zero-order valence-electron chi connectivity index (χ0n) is 12.5. The molecule has 3 rings (SSSR count). The number of ether oxygens (including phenoxy) is 1. The minimum Gasteiger partial charge on any atom is -0.376 e. The molecule has 1 aromatic heterocycles. The lowest BCUT2D eigenvalue weighted by atomic mass is 10.2. The molecule has 21 heavy (non-hydrogen) atoms. The van der Waals surface area contributed by atoms with Crippen LogP contribution in [-0.2, 0) is 11.2 Å². The molecule has 112 valence electrons. The van der Waals surface area contributed by atoms with Gasteiger partial charge < -0.3 is 9.72 Å². The van der Waals surface area contributed by atoms with Crippen LogP contribution < -0.4 is 5.56 Å². The van der Waals surface area contributed by atoms with Crippen LogP contribution in [0.1, 0.15) is 19.7 Å². The van der Waals surface area contributed by atoms with Crippen LogP contribution in [0.3, 0.4) is 0 Å². The summed E-state index contributed by atoms with van der Waals surface area (Å²) in [6, 6.07) is 7.86. The zero-order valence-corrected chi connectivity index (χ0v) is 12.5. The van der Waals surface area contributed by atoms with Crippen LogP contribution in [-0.4, -0.2) is 46.7 Å². The first kappa shape index (κ1) is 14.2. The second-order valence-electron chi connectivity index (χ2n) is 5.77. The third-order valence-electron chi connectivity index (χ3n) is 4.03. The predicted molar refractivity (Wildman–Crippen MR) is 82.5 cm³/mol. The molecule has 0 unspecified atom stereocenters. The van der Waals surface area contributed by atoms with Gasteiger partial charge in [0.05, 0.1) is 23.6 Å². The summed E-state index contributed by atoms with van der Waals surface area (Å²) in [7, 11) is 0. The van der Waals surface area contributed by atoms with Crippen LogP contribution in [0.4, 0.5) is 0 Å². The van der Waals surface area contributed by atoms with Crippen LogP contribution in [0.25, 0.3) is 10.9 Å². The molecule has 0 amide bonds. The number of aromatic nitrogens is 2. The van der Waals surface area contributed by atoms with Crippen molar-refractivity contribution in [2.24, 2.45) is 0 Å². The maximum atomic E-state index is 12.0. The molecule has 5 nitrogen and oxygen atoms in total. The van der Waals surface area contributed by atoms with E-state index in [1.54, 1.807) is 6.07 Å². The SMILES string of the molecule is C[C@@H]1CN(CCc2nc3ccccc3c(=O)[nH]2)[C@H](C)CO1. The highest BCUT2D eigenvalue weighted by Gasteiger charge is 2.23. The van der Waals surface area contributed by atoms with Crippen molar-refractivity contribution in [2.75, 3.05) is 19.7 Å². The number of hydrogen-bond donors (Lipinski definition) is 1. The van der Waals surface area contributed by atoms with Gasteiger partial charge >= 0.3 is 0 Å². The zero-order chi connectivity index (χ0) is 14.8. The third kappa shape index (κ3) is 3.14. The Morgan fingerprint density at radius 1 is 1.38 bits per heavy atom. The van der Waals surface area contributed by atoms with Crippen molar-refractivity contribution >= 4 is 10.9 Å². The van der Waals surface area contributed by atoms with Crippen molar-refractivity contribution in [2.45, 2.75) is 32.4 Å². The largest absolute Gasteiger partial charge is 0.376 e. The van der Waals surface area contributed by atoms with Gasteiger partial charge in [-0.25, -0.2) is 4.98 Å². The summed E-state index contributed by atoms with van der Waals surface area (Å²) in [6.07, 6.45) is 1.02. The Bertz CT molecular complexity index is 683. The Balaban J connectivity index is 1.74. The summed E-state index contributed by atoms with van der Waals surface area (Å²) in [4.78, 5) is 21.9. The minimum absolute atomic E-state index is 0.0565. The van der Waals surface area contributed by atoms with Crippen molar-refractivity contribution in [1.82, 2.24) is 14.9 Å². The molecule has 0 aliphatic carbocycles. The molecule has 1 saturated heterocycles. The summed E-state index contributed by atoms with van der Waals surface area (Å²) < 4.78 is 5.63. The molecule has 5 heteroatoms. The van der Waals surface area contributed by atoms with Gasteiger partial charge in [-0.2, -0.15) is 0 Å². The first-order valence-corrected chi connectivity index (χ1v) is 7.47. The summed E-state index contributed by atoms with van der Waals surface area (Å²) in [5, 5.41) is 0.648. The molecule has 2 atom stereocenters. The summed E-state index contributed by atoms with van der Waals surface area (Å²) >= 11 is 0. The van der Waals surface area contributed by atoms with Gasteiger partial charge in [0.1, 0.15) is 5.82 Å². The number of para-hydroxylation sites is 1. The number of benzene rings is 1. The lowest BCUT2D eigenvalue weighted by molar-refractivity contribution is -0.0488. The molecule has 2 aromatic rings. The molecular weight excluding hydrogens is 266 g/mol. The molecule has 2 heterocycles. The molecule has 0 saturated carbocycles. The van der Waals surface area contributed by atoms with E-state index in [1.807, 2.05) is 18.2 Å². The number of nitrogens with zero attached hydrogens (tertiary/aromatic N) is 2. The van der Waals surface area contributed by atoms with Crippen molar-refractivity contribution in [3.63, 3.8) is 0 Å². The number of aromatic amines is 1. The number of hydrogen-bond acceptors (Lipinski definition) is 4. The topological polar surface area (TPSA) is 58.2 Å². The maximum Gasteiger partial charge on any atom is 0.258 e. The van der Waals surface area contributed by atoms with Gasteiger partial charge in [0.15, 0.2) is 0 Å². The van der Waals surface area contributed by atoms with Crippen LogP contribution in [0.2, 0.25) is 0 Å². The van der Waals surface area contributed by atoms with Gasteiger partial charge in [0.2, 0.25) is 0 Å². The van der Waals surface area contributed by atoms with Gasteiger partial charge in [-0.15, -0.1) is 0 Å². The lowest BCUT2D eigenvalue weighted by Gasteiger charge is -2.36. The Kier molecular flexibility index (Phi) is 4.03. The molecular formula is C16H21N3O2. The quantitative estimate of drug-likeness (QED) is 0.931. The molecule has 1 aromatic carbocycles. The standard InChI is InChI=1S/C16H21N3O2/c1-11-10-21-12(2)9-19(11)8-7-15-17-14-6-4-3-5-13(14)16(20)18-15/h3-6,11-12H,7-10H2,1-2H3,(H,17,18,20)/t11-,12-/m1/s1. The second-order valence-corrected chi connectivity index (χ2v) is 5.77. The van der Waals surface area contributed by atoms with Crippen molar-refractivity contribution in [3.05, 3.63) is 40.4 Å². The van der Waals surface area contributed by atoms with Crippen LogP contribution in [0, 0.1) is 0 Å². The number of H-pyrrole nitrogens is 1. The molecule has 1 fully saturated rings. The van der Waals surface area contributed by atoms with E-state index < -0.39 is 0 Å². The molecule has 1 N–H and O–H groups in total. The highest BCUT2D eigenvalue weighted by molar-refractivity contribution is 5.77. The highest BCUT2D eigenvalue weighted by atomic mass is 16.5. The maximum absolute atomic E-state index is 12.0. The summed E-state index contributed by atoms with van der Waals surface area (Å²) in [5.41, 5.74) is 0.707. The van der Waals surface area contributed by atoms with E-state index in [0.717, 1.165) is 37.5 Å². The Hall–Kier alpha value is -1.72. The number of nitrogens with one attached hydrogen (secondary N) is 1. The van der Waals surface area contributed by atoms with E-state index in [-0.39, 0.29) is 11.7 Å². The van der Waals surface area contributed by atoms with E-state index in [9.17, 15) is 4.79 Å². The third-order valence-corrected chi connectivity index (χ3v) is 4.03. The number of morpholine rings is 1. The highest BCUT2D eigenvalue weighted by Crippen LogP contribution is 2.12. The van der Waals surface area contributed by atoms with Gasteiger partial charge in [0, 0.05) is 25.6 Å². The molecule has 0 spiro atoms. The molecule has 1 aliphatic heterocycles. The van der Waals surface area contributed by atoms with E-state index >= 15 is 0 Å². The van der Waals surface area contributed by atoms with Crippen LogP contribution in [0.5, 0.6) is 0 Å². The molecule has 0 radical (unpaired) electrons. The van der Waals surface area contributed by atoms with E-state index in [4.69, 9.17) is 4.74 Å². The van der Waals surface area contributed by atoms with Crippen LogP contribution >= 0.6 is 0 Å². The van der Waals surface area contributed by atoms with Gasteiger partial charge in [-0.05, 0) is 26.0 Å². The first-order chi connectivity index (χ1) is 10.1. The van der Waals surface area contributed by atoms with Gasteiger partial charge in [0.25, 0.3) is 5.56 Å². The number of rotatable bonds is 3. The monoisotopic (exact) mass is 287 g/mol. The summed E-state index contributed by atoms with van der Waals surface area (Å²) in [6.45, 7) is 6.84. The molecule has 0 bridgehead atoms. The average Bonchev–Trinajstić information content (AvgIpc) is 2.48. The first-order valence-electron chi connectivity index (χ1n) is 7.47. The Morgan fingerprint density at radius 2 is 2.19 bits per heavy atom. The fourth-order valence-electron chi connectivity index (χ4n) is 2.79. The Morgan fingerprint density at radius 3 is 3.05 bits per heavy atom. The fourth-order valence-corrected chi connectivity index (χ4v) is 2.79. The predicted octanol–water partition coefficient (Wildman–Crippen LogP) is 1.57. The normalized spacial score (nSPS) is 23.5. The van der Waals surface area contributed by atoms with E-state index in [2.05, 4.69) is 28.7 Å². The summed E-state index contributed by atoms with van der Waals surface area (Å²) in [5.74, 6) is 0.755. The van der Waals surface area contributed by atoms with Gasteiger partial charge in [-0.1, -0.05) is 12.1 Å². The van der Waals surface area contributed by atoms with Crippen molar-refractivity contribution in [1.29, 1.82) is 0 Å². The average molecular weight is 287 g/mol. The number of fused-ring (bicyclic) bond motifs is 1. The van der Waals surface area contributed by atoms with E-state index in [0.29, 0.717) is 11.4 Å². The second kappa shape index (κ2) is 5.95. The lowest BCUT2D eigenvalue weighted by Crippen LogP contribution is -2.48. The Labute approximate surface area is 124 Å². The van der Waals surface area contributed by atoms with Gasteiger partial charge in [-0.3, -0.25) is 9.69 Å². The minimum atomic E-state index is -0.0565. The van der Waals surface area contributed by atoms with Crippen molar-refractivity contribution in [3.8, 4) is 0 Å². The fraction of sp³-hybridized carbons (Fsp3) is 0.500. The van der Waals surface area contributed by atoms with Crippen LogP contribution in [0.15, 0.2) is 29.1 Å². The van der Waals surface area contributed by atoms with E-state index in [1.165, 1.54) is 0 Å². The molecule has 1 aliphatic rings.